The van der Waals surface area contributed by atoms with Crippen LogP contribution in [0.3, 0.4) is 0 Å². The van der Waals surface area contributed by atoms with Crippen LogP contribution >= 0.6 is 43.6 Å². The fraction of sp³-hybridized carbons (Fsp3) is 0.120. The quantitative estimate of drug-likeness (QED) is 0.244. The maximum absolute atomic E-state index is 13.1. The molecule has 36 heavy (non-hydrogen) atoms. The summed E-state index contributed by atoms with van der Waals surface area (Å²) in [6.07, 6.45) is 1.75. The molecule has 0 radical (unpaired) electrons. The van der Waals surface area contributed by atoms with Gasteiger partial charge >= 0.3 is 5.97 Å². The summed E-state index contributed by atoms with van der Waals surface area (Å²) in [7, 11) is -2.33. The lowest BCUT2D eigenvalue weighted by atomic mass is 10.2. The van der Waals surface area contributed by atoms with E-state index in [2.05, 4.69) is 47.2 Å². The molecule has 7 nitrogen and oxygen atoms in total. The SMILES string of the molecule is COC(=O)CNc1ccc(/C=C2/Sc3ccc(S(=O)(=O)Cc4c(Br)cccc4Br)cc3NC2=O)cc1. The Morgan fingerprint density at radius 1 is 1.08 bits per heavy atom. The highest BCUT2D eigenvalue weighted by atomic mass is 79.9. The lowest BCUT2D eigenvalue weighted by Crippen LogP contribution is -2.18. The van der Waals surface area contributed by atoms with Crippen LogP contribution in [0.2, 0.25) is 0 Å². The van der Waals surface area contributed by atoms with E-state index >= 15 is 0 Å². The van der Waals surface area contributed by atoms with E-state index in [9.17, 15) is 18.0 Å². The first-order valence-corrected chi connectivity index (χ1v) is 14.6. The highest BCUT2D eigenvalue weighted by molar-refractivity contribution is 9.11. The summed E-state index contributed by atoms with van der Waals surface area (Å²) in [5.74, 6) is -0.875. The largest absolute Gasteiger partial charge is 0.468 e. The Labute approximate surface area is 229 Å². The molecule has 11 heteroatoms. The van der Waals surface area contributed by atoms with E-state index in [1.54, 1.807) is 42.5 Å². The summed E-state index contributed by atoms with van der Waals surface area (Å²) in [5, 5.41) is 5.76. The van der Waals surface area contributed by atoms with Gasteiger partial charge in [-0.25, -0.2) is 8.42 Å². The minimum absolute atomic E-state index is 0.0591. The van der Waals surface area contributed by atoms with E-state index in [1.807, 2.05) is 18.2 Å². The minimum atomic E-state index is -3.66. The predicted molar refractivity (Wildman–Crippen MR) is 149 cm³/mol. The van der Waals surface area contributed by atoms with Gasteiger partial charge in [0.2, 0.25) is 0 Å². The lowest BCUT2D eigenvalue weighted by Gasteiger charge is -2.20. The maximum atomic E-state index is 13.1. The molecule has 0 unspecified atom stereocenters. The summed E-state index contributed by atoms with van der Waals surface area (Å²) < 4.78 is 32.2. The number of carbonyl (C=O) groups is 2. The molecule has 0 aromatic heterocycles. The first kappa shape index (κ1) is 26.5. The van der Waals surface area contributed by atoms with Crippen molar-refractivity contribution in [2.45, 2.75) is 15.5 Å². The van der Waals surface area contributed by atoms with Gasteiger partial charge in [-0.3, -0.25) is 9.59 Å². The third kappa shape index (κ3) is 6.20. The van der Waals surface area contributed by atoms with Crippen LogP contribution in [0.4, 0.5) is 11.4 Å². The molecule has 186 valence electrons. The standard InChI is InChI=1S/C25H20Br2N2O5S2/c1-34-24(30)13-28-16-7-5-15(6-8-16)11-23-25(31)29-21-12-17(9-10-22(21)35-23)36(32,33)14-18-19(26)3-2-4-20(18)27/h2-12,28H,13-14H2,1H3,(H,29,31)/b23-11+. The second-order valence-corrected chi connectivity index (χ2v) is 12.5. The Morgan fingerprint density at radius 2 is 1.78 bits per heavy atom. The molecule has 1 aliphatic rings. The average molecular weight is 652 g/mol. The average Bonchev–Trinajstić information content (AvgIpc) is 2.86. The monoisotopic (exact) mass is 650 g/mol. The number of ether oxygens (including phenoxy) is 1. The maximum Gasteiger partial charge on any atom is 0.325 e. The molecule has 3 aromatic rings. The Morgan fingerprint density at radius 3 is 2.44 bits per heavy atom. The molecule has 0 atom stereocenters. The molecule has 3 aromatic carbocycles. The van der Waals surface area contributed by atoms with Crippen molar-refractivity contribution in [3.8, 4) is 0 Å². The molecule has 0 spiro atoms. The lowest BCUT2D eigenvalue weighted by molar-refractivity contribution is -0.138. The summed E-state index contributed by atoms with van der Waals surface area (Å²) in [5.41, 5.74) is 2.64. The number of sulfone groups is 1. The number of amides is 1. The molecular formula is C25H20Br2N2O5S2. The molecule has 1 amide bonds. The van der Waals surface area contributed by atoms with Crippen molar-refractivity contribution in [3.63, 3.8) is 0 Å². The Kier molecular flexibility index (Phi) is 8.23. The zero-order valence-corrected chi connectivity index (χ0v) is 23.7. The molecule has 4 rings (SSSR count). The van der Waals surface area contributed by atoms with Crippen LogP contribution in [0.5, 0.6) is 0 Å². The third-order valence-electron chi connectivity index (χ3n) is 5.27. The zero-order valence-electron chi connectivity index (χ0n) is 18.9. The summed E-state index contributed by atoms with van der Waals surface area (Å²) in [6, 6.07) is 17.4. The smallest absolute Gasteiger partial charge is 0.325 e. The molecule has 0 saturated carbocycles. The molecular weight excluding hydrogens is 632 g/mol. The van der Waals surface area contributed by atoms with Gasteiger partial charge in [-0.15, -0.1) is 0 Å². The molecule has 0 saturated heterocycles. The Balaban J connectivity index is 1.51. The minimum Gasteiger partial charge on any atom is -0.468 e. The zero-order chi connectivity index (χ0) is 25.9. The fourth-order valence-electron chi connectivity index (χ4n) is 3.37. The number of methoxy groups -OCH3 is 1. The summed E-state index contributed by atoms with van der Waals surface area (Å²) in [6.45, 7) is 0.0591. The van der Waals surface area contributed by atoms with Gasteiger partial charge in [-0.05, 0) is 59.7 Å². The van der Waals surface area contributed by atoms with Gasteiger partial charge in [0.25, 0.3) is 5.91 Å². The molecule has 1 aliphatic heterocycles. The van der Waals surface area contributed by atoms with Crippen molar-refractivity contribution in [1.82, 2.24) is 0 Å². The first-order chi connectivity index (χ1) is 17.2. The number of halogens is 2. The van der Waals surface area contributed by atoms with Crippen LogP contribution in [0.1, 0.15) is 11.1 Å². The topological polar surface area (TPSA) is 102 Å². The van der Waals surface area contributed by atoms with E-state index in [4.69, 9.17) is 0 Å². The van der Waals surface area contributed by atoms with Gasteiger partial charge in [0.05, 0.1) is 28.4 Å². The number of anilines is 2. The number of thioether (sulfide) groups is 1. The van der Waals surface area contributed by atoms with Gasteiger partial charge < -0.3 is 15.4 Å². The predicted octanol–water partition coefficient (Wildman–Crippen LogP) is 5.86. The highest BCUT2D eigenvalue weighted by Gasteiger charge is 2.25. The molecule has 2 N–H and O–H groups in total. The van der Waals surface area contributed by atoms with Crippen LogP contribution in [0.25, 0.3) is 6.08 Å². The summed E-state index contributed by atoms with van der Waals surface area (Å²) in [4.78, 5) is 25.4. The Bertz CT molecular complexity index is 1450. The van der Waals surface area contributed by atoms with E-state index < -0.39 is 9.84 Å². The first-order valence-electron chi connectivity index (χ1n) is 10.6. The van der Waals surface area contributed by atoms with Crippen molar-refractivity contribution in [2.75, 3.05) is 24.3 Å². The van der Waals surface area contributed by atoms with Gasteiger partial charge in [0.15, 0.2) is 9.84 Å². The number of rotatable bonds is 7. The number of carbonyl (C=O) groups excluding carboxylic acids is 2. The van der Waals surface area contributed by atoms with Crippen molar-refractivity contribution >= 4 is 82.8 Å². The van der Waals surface area contributed by atoms with Crippen molar-refractivity contribution in [3.05, 3.63) is 85.6 Å². The van der Waals surface area contributed by atoms with Crippen LogP contribution in [0, 0.1) is 0 Å². The van der Waals surface area contributed by atoms with Crippen molar-refractivity contribution < 1.29 is 22.7 Å². The van der Waals surface area contributed by atoms with E-state index in [0.717, 1.165) is 16.1 Å². The van der Waals surface area contributed by atoms with Gasteiger partial charge in [0.1, 0.15) is 6.54 Å². The van der Waals surface area contributed by atoms with E-state index in [-0.39, 0.29) is 29.1 Å². The van der Waals surface area contributed by atoms with Crippen molar-refractivity contribution in [1.29, 1.82) is 0 Å². The molecule has 1 heterocycles. The van der Waals surface area contributed by atoms with Crippen LogP contribution < -0.4 is 10.6 Å². The van der Waals surface area contributed by atoms with Crippen LogP contribution in [0.15, 0.2) is 84.3 Å². The second kappa shape index (κ2) is 11.2. The second-order valence-electron chi connectivity index (χ2n) is 7.73. The van der Waals surface area contributed by atoms with E-state index in [1.165, 1.54) is 24.9 Å². The van der Waals surface area contributed by atoms with Gasteiger partial charge in [-0.1, -0.05) is 61.8 Å². The number of hydrogen-bond donors (Lipinski definition) is 2. The van der Waals surface area contributed by atoms with Crippen molar-refractivity contribution in [2.24, 2.45) is 0 Å². The highest BCUT2D eigenvalue weighted by Crippen LogP contribution is 2.40. The van der Waals surface area contributed by atoms with Crippen LogP contribution in [-0.4, -0.2) is 33.9 Å². The Hall–Kier alpha value is -2.60. The van der Waals surface area contributed by atoms with Gasteiger partial charge in [-0.2, -0.15) is 0 Å². The number of benzene rings is 3. The number of hydrogen-bond acceptors (Lipinski definition) is 7. The van der Waals surface area contributed by atoms with Gasteiger partial charge in [0, 0.05) is 19.5 Å². The van der Waals surface area contributed by atoms with Crippen LogP contribution in [-0.2, 0) is 29.9 Å². The van der Waals surface area contributed by atoms with E-state index in [0.29, 0.717) is 25.1 Å². The normalized spacial score (nSPS) is 14.2. The summed E-state index contributed by atoms with van der Waals surface area (Å²) >= 11 is 8.09. The molecule has 0 aliphatic carbocycles. The number of nitrogens with one attached hydrogen (secondary N) is 2. The molecule has 0 fully saturated rings. The number of esters is 1. The molecule has 0 bridgehead atoms. The fourth-order valence-corrected chi connectivity index (χ4v) is 7.38. The number of fused-ring (bicyclic) bond motifs is 1. The third-order valence-corrected chi connectivity index (χ3v) is 9.50.